The van der Waals surface area contributed by atoms with Crippen molar-refractivity contribution in [2.45, 2.75) is 13.0 Å². The molecule has 2 amide bonds. The van der Waals surface area contributed by atoms with Gasteiger partial charge in [-0.15, -0.1) is 6.58 Å². The molecule has 2 aromatic rings. The van der Waals surface area contributed by atoms with Gasteiger partial charge in [-0.3, -0.25) is 9.59 Å². The van der Waals surface area contributed by atoms with Crippen molar-refractivity contribution in [1.29, 1.82) is 5.26 Å². The lowest BCUT2D eigenvalue weighted by Gasteiger charge is -2.24. The summed E-state index contributed by atoms with van der Waals surface area (Å²) in [5.41, 5.74) is 2.26. The first-order valence-electron chi connectivity index (χ1n) is 8.99. The monoisotopic (exact) mass is 437 g/mol. The predicted octanol–water partition coefficient (Wildman–Crippen LogP) is 3.89. The van der Waals surface area contributed by atoms with Crippen molar-refractivity contribution in [3.05, 3.63) is 76.8 Å². The van der Waals surface area contributed by atoms with Crippen LogP contribution in [0.5, 0.6) is 0 Å². The van der Waals surface area contributed by atoms with Crippen LogP contribution in [0, 0.1) is 17.2 Å². The zero-order valence-electron chi connectivity index (χ0n) is 15.3. The fourth-order valence-corrected chi connectivity index (χ4v) is 3.83. The predicted molar refractivity (Wildman–Crippen MR) is 111 cm³/mol. The normalized spacial score (nSPS) is 15.9. The van der Waals surface area contributed by atoms with E-state index in [1.165, 1.54) is 0 Å². The van der Waals surface area contributed by atoms with E-state index in [-0.39, 0.29) is 11.8 Å². The molecule has 6 heteroatoms. The minimum Gasteiger partial charge on any atom is -0.334 e. The molecule has 1 atom stereocenters. The summed E-state index contributed by atoms with van der Waals surface area (Å²) >= 11 is 3.48. The number of rotatable bonds is 6. The number of halogens is 1. The van der Waals surface area contributed by atoms with Crippen LogP contribution in [0.3, 0.4) is 0 Å². The van der Waals surface area contributed by atoms with Gasteiger partial charge in [-0.25, -0.2) is 0 Å². The molecule has 0 bridgehead atoms. The first-order chi connectivity index (χ1) is 13.5. The molecule has 142 valence electrons. The van der Waals surface area contributed by atoms with Gasteiger partial charge in [0.2, 0.25) is 11.8 Å². The van der Waals surface area contributed by atoms with Crippen molar-refractivity contribution in [2.75, 3.05) is 18.0 Å². The lowest BCUT2D eigenvalue weighted by Crippen LogP contribution is -2.40. The van der Waals surface area contributed by atoms with E-state index in [4.69, 9.17) is 5.26 Å². The van der Waals surface area contributed by atoms with Crippen molar-refractivity contribution < 1.29 is 9.59 Å². The summed E-state index contributed by atoms with van der Waals surface area (Å²) in [6, 6.07) is 16.7. The van der Waals surface area contributed by atoms with Gasteiger partial charge in [0.25, 0.3) is 0 Å². The minimum atomic E-state index is -0.689. The number of carbonyl (C=O) groups excluding carboxylic acids is 2. The summed E-state index contributed by atoms with van der Waals surface area (Å²) in [5, 5.41) is 8.92. The van der Waals surface area contributed by atoms with Crippen LogP contribution in [0.25, 0.3) is 0 Å². The number of benzene rings is 2. The third-order valence-electron chi connectivity index (χ3n) is 4.76. The molecule has 1 unspecified atom stereocenters. The quantitative estimate of drug-likeness (QED) is 0.508. The highest BCUT2D eigenvalue weighted by atomic mass is 79.9. The van der Waals surface area contributed by atoms with E-state index < -0.39 is 5.92 Å². The summed E-state index contributed by atoms with van der Waals surface area (Å²) in [7, 11) is 0. The lowest BCUT2D eigenvalue weighted by atomic mass is 10.1. The van der Waals surface area contributed by atoms with Crippen molar-refractivity contribution in [2.24, 2.45) is 5.92 Å². The Morgan fingerprint density at radius 1 is 1.29 bits per heavy atom. The van der Waals surface area contributed by atoms with Gasteiger partial charge >= 0.3 is 0 Å². The van der Waals surface area contributed by atoms with E-state index >= 15 is 0 Å². The first kappa shape index (κ1) is 19.8. The Bertz CT molecular complexity index is 934. The lowest BCUT2D eigenvalue weighted by molar-refractivity contribution is -0.139. The van der Waals surface area contributed by atoms with Gasteiger partial charge in [0.05, 0.1) is 17.3 Å². The smallest absolute Gasteiger partial charge is 0.239 e. The van der Waals surface area contributed by atoms with Crippen LogP contribution in [-0.4, -0.2) is 29.8 Å². The van der Waals surface area contributed by atoms with E-state index in [2.05, 4.69) is 28.6 Å². The Kier molecular flexibility index (Phi) is 6.27. The highest BCUT2D eigenvalue weighted by Gasteiger charge is 2.40. The average Bonchev–Trinajstić information content (AvgIpc) is 3.09. The van der Waals surface area contributed by atoms with Crippen molar-refractivity contribution in [3.63, 3.8) is 0 Å². The molecule has 0 saturated carbocycles. The van der Waals surface area contributed by atoms with Gasteiger partial charge in [-0.2, -0.15) is 5.26 Å². The van der Waals surface area contributed by atoms with Gasteiger partial charge in [0.1, 0.15) is 5.92 Å². The molecule has 0 N–H and O–H groups in total. The van der Waals surface area contributed by atoms with Crippen LogP contribution in [-0.2, 0) is 16.1 Å². The third-order valence-corrected chi connectivity index (χ3v) is 5.44. The largest absolute Gasteiger partial charge is 0.334 e. The Balaban J connectivity index is 1.76. The molecule has 2 aromatic carbocycles. The second-order valence-corrected chi connectivity index (χ2v) is 7.45. The van der Waals surface area contributed by atoms with Crippen LogP contribution in [0.1, 0.15) is 17.5 Å². The van der Waals surface area contributed by atoms with E-state index in [1.54, 1.807) is 28.0 Å². The molecule has 1 heterocycles. The number of hydrogen-bond donors (Lipinski definition) is 0. The van der Waals surface area contributed by atoms with Gasteiger partial charge in [0, 0.05) is 24.1 Å². The van der Waals surface area contributed by atoms with Crippen LogP contribution < -0.4 is 4.90 Å². The zero-order valence-corrected chi connectivity index (χ0v) is 16.9. The van der Waals surface area contributed by atoms with Crippen LogP contribution >= 0.6 is 15.9 Å². The highest BCUT2D eigenvalue weighted by Crippen LogP contribution is 2.32. The molecule has 3 rings (SSSR count). The molecular formula is C22H20BrN3O2. The molecule has 0 aromatic heterocycles. The van der Waals surface area contributed by atoms with Crippen molar-refractivity contribution >= 4 is 33.4 Å². The number of para-hydroxylation sites is 1. The maximum Gasteiger partial charge on any atom is 0.239 e. The molecule has 0 aliphatic carbocycles. The highest BCUT2D eigenvalue weighted by molar-refractivity contribution is 9.10. The van der Waals surface area contributed by atoms with Crippen LogP contribution in [0.2, 0.25) is 0 Å². The first-order valence-corrected chi connectivity index (χ1v) is 9.79. The minimum absolute atomic E-state index is 0.175. The van der Waals surface area contributed by atoms with E-state index in [0.29, 0.717) is 31.6 Å². The van der Waals surface area contributed by atoms with Crippen molar-refractivity contribution in [1.82, 2.24) is 4.90 Å². The Hall–Kier alpha value is -2.91. The Labute approximate surface area is 173 Å². The van der Waals surface area contributed by atoms with E-state index in [0.717, 1.165) is 15.7 Å². The number of hydrogen-bond acceptors (Lipinski definition) is 3. The molecule has 1 saturated heterocycles. The van der Waals surface area contributed by atoms with Gasteiger partial charge in [-0.05, 0) is 52.2 Å². The molecule has 5 nitrogen and oxygen atoms in total. The summed E-state index contributed by atoms with van der Waals surface area (Å²) in [6.45, 7) is 4.97. The molecule has 28 heavy (non-hydrogen) atoms. The maximum absolute atomic E-state index is 13.1. The fourth-order valence-electron chi connectivity index (χ4n) is 3.33. The molecule has 0 spiro atoms. The molecule has 1 aliphatic rings. The number of nitriles is 1. The molecular weight excluding hydrogens is 418 g/mol. The molecule has 1 fully saturated rings. The topological polar surface area (TPSA) is 64.4 Å². The second-order valence-electron chi connectivity index (χ2n) is 6.60. The van der Waals surface area contributed by atoms with Gasteiger partial charge < -0.3 is 9.80 Å². The van der Waals surface area contributed by atoms with Crippen LogP contribution in [0.4, 0.5) is 5.69 Å². The molecule has 1 aliphatic heterocycles. The van der Waals surface area contributed by atoms with Crippen LogP contribution in [0.15, 0.2) is 65.7 Å². The number of anilines is 1. The maximum atomic E-state index is 13.1. The average molecular weight is 438 g/mol. The SMILES string of the molecule is C=CCN(Cc1ccc(C#N)cc1)C(=O)C1CCN(c2ccccc2Br)C1=O. The summed E-state index contributed by atoms with van der Waals surface area (Å²) in [5.74, 6) is -1.06. The third kappa shape index (κ3) is 4.15. The van der Waals surface area contributed by atoms with E-state index in [1.807, 2.05) is 36.4 Å². The van der Waals surface area contributed by atoms with Crippen molar-refractivity contribution in [3.8, 4) is 6.07 Å². The number of carbonyl (C=O) groups is 2. The summed E-state index contributed by atoms with van der Waals surface area (Å²) in [4.78, 5) is 29.3. The Morgan fingerprint density at radius 2 is 2.00 bits per heavy atom. The number of amides is 2. The summed E-state index contributed by atoms with van der Waals surface area (Å²) < 4.78 is 0.831. The van der Waals surface area contributed by atoms with E-state index in [9.17, 15) is 9.59 Å². The fraction of sp³-hybridized carbons (Fsp3) is 0.227. The molecule has 0 radical (unpaired) electrons. The summed E-state index contributed by atoms with van der Waals surface area (Å²) in [6.07, 6.45) is 2.15. The Morgan fingerprint density at radius 3 is 2.64 bits per heavy atom. The van der Waals surface area contributed by atoms with Gasteiger partial charge in [0.15, 0.2) is 0 Å². The number of nitrogens with zero attached hydrogens (tertiary/aromatic N) is 3. The zero-order chi connectivity index (χ0) is 20.1. The van der Waals surface area contributed by atoms with Gasteiger partial charge in [-0.1, -0.05) is 30.3 Å². The second kappa shape index (κ2) is 8.85. The standard InChI is InChI=1S/C22H20BrN3O2/c1-2-12-25(15-17-9-7-16(14-24)8-10-17)21(27)18-11-13-26(22(18)28)20-6-4-3-5-19(20)23/h2-10,18H,1,11-13,15H2.